The fourth-order valence-corrected chi connectivity index (χ4v) is 3.39. The number of carbonyl (C=O) groups excluding carboxylic acids is 1. The van der Waals surface area contributed by atoms with Crippen LogP contribution in [-0.4, -0.2) is 36.5 Å². The van der Waals surface area contributed by atoms with Crippen molar-refractivity contribution in [1.82, 2.24) is 5.32 Å². The number of amides is 1. The lowest BCUT2D eigenvalue weighted by molar-refractivity contribution is -0.384. The van der Waals surface area contributed by atoms with Crippen molar-refractivity contribution in [3.63, 3.8) is 0 Å². The molecule has 3 rings (SSSR count). The van der Waals surface area contributed by atoms with Gasteiger partial charge in [0, 0.05) is 38.2 Å². The lowest BCUT2D eigenvalue weighted by Gasteiger charge is -2.24. The van der Waals surface area contributed by atoms with Gasteiger partial charge in [-0.3, -0.25) is 14.9 Å². The highest BCUT2D eigenvalue weighted by molar-refractivity contribution is 5.76. The van der Waals surface area contributed by atoms with Gasteiger partial charge in [-0.15, -0.1) is 0 Å². The van der Waals surface area contributed by atoms with E-state index in [1.165, 1.54) is 6.92 Å². The van der Waals surface area contributed by atoms with Crippen LogP contribution < -0.4 is 15.5 Å². The van der Waals surface area contributed by atoms with E-state index in [0.29, 0.717) is 36.6 Å². The molecular formula is C17H23FN4O3. The highest BCUT2D eigenvalue weighted by atomic mass is 19.1. The summed E-state index contributed by atoms with van der Waals surface area (Å²) in [7, 11) is 0. The Kier molecular flexibility index (Phi) is 4.78. The van der Waals surface area contributed by atoms with E-state index >= 15 is 0 Å². The fourth-order valence-electron chi connectivity index (χ4n) is 3.39. The first kappa shape index (κ1) is 17.4. The van der Waals surface area contributed by atoms with E-state index in [4.69, 9.17) is 0 Å². The standard InChI is InChI=1S/C17H23FN4O3/c1-10-16(20-13-3-4-13)15(22(24)25)7-14(18)17(10)21-6-5-12(9-21)8-19-11(2)23/h7,12-13,20H,3-6,8-9H2,1-2H3,(H,19,23). The van der Waals surface area contributed by atoms with E-state index in [1.54, 1.807) is 6.92 Å². The molecule has 2 fully saturated rings. The van der Waals surface area contributed by atoms with E-state index < -0.39 is 10.7 Å². The molecule has 1 saturated heterocycles. The summed E-state index contributed by atoms with van der Waals surface area (Å²) >= 11 is 0. The van der Waals surface area contributed by atoms with Crippen LogP contribution in [0.5, 0.6) is 0 Å². The summed E-state index contributed by atoms with van der Waals surface area (Å²) in [5, 5.41) is 17.3. The molecule has 1 amide bonds. The Balaban J connectivity index is 1.86. The maximum Gasteiger partial charge on any atom is 0.295 e. The van der Waals surface area contributed by atoms with E-state index in [0.717, 1.165) is 25.3 Å². The predicted molar refractivity (Wildman–Crippen MR) is 93.4 cm³/mol. The van der Waals surface area contributed by atoms with Gasteiger partial charge in [0.2, 0.25) is 5.91 Å². The average Bonchev–Trinajstić information content (AvgIpc) is 3.24. The number of hydrogen-bond acceptors (Lipinski definition) is 5. The summed E-state index contributed by atoms with van der Waals surface area (Å²) in [4.78, 5) is 23.8. The highest BCUT2D eigenvalue weighted by Crippen LogP contribution is 2.41. The molecule has 1 atom stereocenters. The molecule has 1 heterocycles. The molecule has 2 aliphatic rings. The van der Waals surface area contributed by atoms with Crippen LogP contribution in [0.2, 0.25) is 0 Å². The minimum atomic E-state index is -0.564. The number of carbonyl (C=O) groups is 1. The van der Waals surface area contributed by atoms with E-state index in [2.05, 4.69) is 10.6 Å². The van der Waals surface area contributed by atoms with Crippen molar-refractivity contribution in [2.24, 2.45) is 5.92 Å². The fraction of sp³-hybridized carbons (Fsp3) is 0.588. The van der Waals surface area contributed by atoms with Crippen LogP contribution in [0.25, 0.3) is 0 Å². The Morgan fingerprint density at radius 3 is 2.76 bits per heavy atom. The third-order valence-electron chi connectivity index (χ3n) is 4.84. The van der Waals surface area contributed by atoms with Crippen molar-refractivity contribution in [1.29, 1.82) is 0 Å². The van der Waals surface area contributed by atoms with Gasteiger partial charge >= 0.3 is 0 Å². The number of hydrogen-bond donors (Lipinski definition) is 2. The summed E-state index contributed by atoms with van der Waals surface area (Å²) < 4.78 is 14.7. The zero-order valence-electron chi connectivity index (χ0n) is 14.5. The SMILES string of the molecule is CC(=O)NCC1CCN(c2c(F)cc([N+](=O)[O-])c(NC3CC3)c2C)C1. The maximum absolute atomic E-state index is 14.7. The minimum Gasteiger partial charge on any atom is -0.376 e. The van der Waals surface area contributed by atoms with E-state index in [1.807, 2.05) is 4.90 Å². The monoisotopic (exact) mass is 350 g/mol. The number of anilines is 2. The molecule has 0 aromatic heterocycles. The number of nitro benzene ring substituents is 1. The number of nitro groups is 1. The quantitative estimate of drug-likeness (QED) is 0.608. The van der Waals surface area contributed by atoms with Gasteiger partial charge in [0.1, 0.15) is 5.69 Å². The van der Waals surface area contributed by atoms with Crippen molar-refractivity contribution in [2.75, 3.05) is 29.9 Å². The van der Waals surface area contributed by atoms with Gasteiger partial charge in [-0.05, 0) is 32.1 Å². The van der Waals surface area contributed by atoms with Gasteiger partial charge in [0.05, 0.1) is 16.7 Å². The van der Waals surface area contributed by atoms with Gasteiger partial charge in [0.25, 0.3) is 5.69 Å². The molecule has 1 aromatic rings. The maximum atomic E-state index is 14.7. The number of benzene rings is 1. The smallest absolute Gasteiger partial charge is 0.295 e. The second-order valence-corrected chi connectivity index (χ2v) is 6.94. The lowest BCUT2D eigenvalue weighted by atomic mass is 10.1. The van der Waals surface area contributed by atoms with Crippen molar-refractivity contribution in [3.05, 3.63) is 27.6 Å². The Morgan fingerprint density at radius 1 is 1.44 bits per heavy atom. The molecule has 1 aliphatic carbocycles. The van der Waals surface area contributed by atoms with Gasteiger partial charge in [-0.1, -0.05) is 0 Å². The molecule has 0 radical (unpaired) electrons. The molecule has 2 N–H and O–H groups in total. The molecule has 1 aromatic carbocycles. The van der Waals surface area contributed by atoms with Crippen LogP contribution in [0, 0.1) is 28.8 Å². The van der Waals surface area contributed by atoms with Crippen LogP contribution in [0.3, 0.4) is 0 Å². The molecule has 25 heavy (non-hydrogen) atoms. The van der Waals surface area contributed by atoms with Crippen LogP contribution in [0.1, 0.15) is 31.7 Å². The molecule has 136 valence electrons. The number of halogens is 1. The third kappa shape index (κ3) is 3.83. The molecule has 7 nitrogen and oxygen atoms in total. The Morgan fingerprint density at radius 2 is 2.16 bits per heavy atom. The van der Waals surface area contributed by atoms with Crippen molar-refractivity contribution < 1.29 is 14.1 Å². The summed E-state index contributed by atoms with van der Waals surface area (Å²) in [6.45, 7) is 5.06. The van der Waals surface area contributed by atoms with Crippen LogP contribution in [-0.2, 0) is 4.79 Å². The van der Waals surface area contributed by atoms with Gasteiger partial charge < -0.3 is 15.5 Å². The molecular weight excluding hydrogens is 327 g/mol. The zero-order chi connectivity index (χ0) is 18.1. The average molecular weight is 350 g/mol. The topological polar surface area (TPSA) is 87.5 Å². The van der Waals surface area contributed by atoms with E-state index in [9.17, 15) is 19.3 Å². The van der Waals surface area contributed by atoms with Gasteiger partial charge in [-0.25, -0.2) is 4.39 Å². The van der Waals surface area contributed by atoms with Crippen LogP contribution in [0.4, 0.5) is 21.5 Å². The first-order chi connectivity index (χ1) is 11.9. The summed E-state index contributed by atoms with van der Waals surface area (Å²) in [6, 6.07) is 1.26. The minimum absolute atomic E-state index is 0.0768. The lowest BCUT2D eigenvalue weighted by Crippen LogP contribution is -2.29. The molecule has 1 unspecified atom stereocenters. The third-order valence-corrected chi connectivity index (χ3v) is 4.84. The van der Waals surface area contributed by atoms with Crippen LogP contribution >= 0.6 is 0 Å². The van der Waals surface area contributed by atoms with Crippen molar-refractivity contribution in [2.45, 2.75) is 39.2 Å². The number of rotatable bonds is 6. The summed E-state index contributed by atoms with van der Waals surface area (Å²) in [5.41, 5.74) is 1.23. The molecule has 0 bridgehead atoms. The number of nitrogens with one attached hydrogen (secondary N) is 2. The first-order valence-electron chi connectivity index (χ1n) is 8.60. The molecule has 0 spiro atoms. The van der Waals surface area contributed by atoms with Gasteiger partial charge in [0.15, 0.2) is 5.82 Å². The Labute approximate surface area is 145 Å². The normalized spacial score (nSPS) is 19.8. The second kappa shape index (κ2) is 6.85. The Hall–Kier alpha value is -2.38. The predicted octanol–water partition coefficient (Wildman–Crippen LogP) is 2.58. The second-order valence-electron chi connectivity index (χ2n) is 6.94. The van der Waals surface area contributed by atoms with Crippen molar-refractivity contribution in [3.8, 4) is 0 Å². The Bertz CT molecular complexity index is 706. The summed E-state index contributed by atoms with van der Waals surface area (Å²) in [6.07, 6.45) is 2.80. The molecule has 1 aliphatic heterocycles. The van der Waals surface area contributed by atoms with Crippen molar-refractivity contribution >= 4 is 23.0 Å². The largest absolute Gasteiger partial charge is 0.376 e. The van der Waals surface area contributed by atoms with E-state index in [-0.39, 0.29) is 23.6 Å². The zero-order valence-corrected chi connectivity index (χ0v) is 14.5. The van der Waals surface area contributed by atoms with Crippen LogP contribution in [0.15, 0.2) is 6.07 Å². The first-order valence-corrected chi connectivity index (χ1v) is 8.60. The molecule has 1 saturated carbocycles. The summed E-state index contributed by atoms with van der Waals surface area (Å²) in [5.74, 6) is -0.393. The number of nitrogens with zero attached hydrogens (tertiary/aromatic N) is 2. The van der Waals surface area contributed by atoms with Gasteiger partial charge in [-0.2, -0.15) is 0 Å². The highest BCUT2D eigenvalue weighted by Gasteiger charge is 2.32. The molecule has 8 heteroatoms.